The van der Waals surface area contributed by atoms with Crippen molar-refractivity contribution in [3.63, 3.8) is 0 Å². The van der Waals surface area contributed by atoms with Crippen molar-refractivity contribution < 1.29 is 5.11 Å². The van der Waals surface area contributed by atoms with Crippen molar-refractivity contribution in [1.82, 2.24) is 29.5 Å². The maximum absolute atomic E-state index is 9.19. The van der Waals surface area contributed by atoms with Crippen LogP contribution in [0.15, 0.2) is 30.7 Å². The normalized spacial score (nSPS) is 11.6. The molecule has 0 aliphatic rings. The number of fused-ring (bicyclic) bond motifs is 1. The van der Waals surface area contributed by atoms with Crippen LogP contribution in [0.25, 0.3) is 21.7 Å². The second-order valence-corrected chi connectivity index (χ2v) is 7.73. The molecular weight excluding hydrogens is 360 g/mol. The molecule has 0 saturated heterocycles. The van der Waals surface area contributed by atoms with E-state index in [0.29, 0.717) is 23.3 Å². The topological polar surface area (TPSA) is 89.6 Å². The molecule has 0 saturated carbocycles. The Balaban J connectivity index is 1.66. The zero-order chi connectivity index (χ0) is 19.0. The summed E-state index contributed by atoms with van der Waals surface area (Å²) in [4.78, 5) is 23.1. The van der Waals surface area contributed by atoms with Gasteiger partial charge in [-0.3, -0.25) is 4.98 Å². The van der Waals surface area contributed by atoms with Crippen molar-refractivity contribution in [2.75, 3.05) is 0 Å². The van der Waals surface area contributed by atoms with Gasteiger partial charge in [0.2, 0.25) is 0 Å². The van der Waals surface area contributed by atoms with Crippen LogP contribution in [0.1, 0.15) is 42.1 Å². The Bertz CT molecular complexity index is 1100. The second kappa shape index (κ2) is 7.13. The van der Waals surface area contributed by atoms with E-state index >= 15 is 0 Å². The molecule has 8 heteroatoms. The van der Waals surface area contributed by atoms with E-state index < -0.39 is 0 Å². The predicted molar refractivity (Wildman–Crippen MR) is 105 cm³/mol. The number of rotatable bonds is 5. The highest BCUT2D eigenvalue weighted by molar-refractivity contribution is 7.15. The molecule has 1 N–H and O–H groups in total. The third kappa shape index (κ3) is 3.45. The van der Waals surface area contributed by atoms with Gasteiger partial charge in [0, 0.05) is 30.6 Å². The molecule has 4 heterocycles. The molecule has 0 radical (unpaired) electrons. The van der Waals surface area contributed by atoms with Crippen molar-refractivity contribution in [3.8, 4) is 10.7 Å². The summed E-state index contributed by atoms with van der Waals surface area (Å²) in [5, 5.41) is 9.84. The molecule has 0 fully saturated rings. The third-order valence-corrected chi connectivity index (χ3v) is 5.29. The lowest BCUT2D eigenvalue weighted by atomic mass is 10.2. The number of thiazole rings is 1. The molecule has 0 unspecified atom stereocenters. The summed E-state index contributed by atoms with van der Waals surface area (Å²) < 4.78 is 2.22. The number of hydrogen-bond donors (Lipinski definition) is 1. The summed E-state index contributed by atoms with van der Waals surface area (Å²) in [6.45, 7) is 6.25. The van der Waals surface area contributed by atoms with Gasteiger partial charge in [-0.05, 0) is 32.9 Å². The predicted octanol–water partition coefficient (Wildman–Crippen LogP) is 3.32. The Morgan fingerprint density at radius 2 is 1.96 bits per heavy atom. The van der Waals surface area contributed by atoms with Crippen molar-refractivity contribution in [2.24, 2.45) is 0 Å². The lowest BCUT2D eigenvalue weighted by Crippen LogP contribution is -2.03. The SMILES string of the molecule is Cc1nc2cnc(Cc3ccnc(-c4cnc(CO)s4)n3)cc2n1C(C)C. The zero-order valence-electron chi connectivity index (χ0n) is 15.4. The van der Waals surface area contributed by atoms with E-state index in [1.165, 1.54) is 11.3 Å². The van der Waals surface area contributed by atoms with Crippen LogP contribution in [-0.4, -0.2) is 34.6 Å². The average Bonchev–Trinajstić information content (AvgIpc) is 3.25. The van der Waals surface area contributed by atoms with Crippen LogP contribution in [0.4, 0.5) is 0 Å². The third-order valence-electron chi connectivity index (χ3n) is 4.31. The van der Waals surface area contributed by atoms with Crippen LogP contribution < -0.4 is 0 Å². The number of hydrogen-bond acceptors (Lipinski definition) is 7. The van der Waals surface area contributed by atoms with E-state index in [9.17, 15) is 5.11 Å². The Labute approximate surface area is 160 Å². The highest BCUT2D eigenvalue weighted by Gasteiger charge is 2.13. The Morgan fingerprint density at radius 1 is 1.11 bits per heavy atom. The van der Waals surface area contributed by atoms with E-state index in [0.717, 1.165) is 33.1 Å². The van der Waals surface area contributed by atoms with Crippen LogP contribution in [0.5, 0.6) is 0 Å². The Morgan fingerprint density at radius 3 is 2.70 bits per heavy atom. The van der Waals surface area contributed by atoms with Crippen molar-refractivity contribution >= 4 is 22.4 Å². The number of aliphatic hydroxyl groups is 1. The molecule has 0 amide bonds. The average molecular weight is 380 g/mol. The first-order valence-corrected chi connectivity index (χ1v) is 9.58. The molecule has 4 aromatic heterocycles. The monoisotopic (exact) mass is 380 g/mol. The van der Waals surface area contributed by atoms with Gasteiger partial charge in [0.1, 0.15) is 16.3 Å². The summed E-state index contributed by atoms with van der Waals surface area (Å²) in [6.07, 6.45) is 5.88. The molecule has 0 atom stereocenters. The van der Waals surface area contributed by atoms with Gasteiger partial charge in [-0.15, -0.1) is 11.3 Å². The summed E-state index contributed by atoms with van der Waals surface area (Å²) in [7, 11) is 0. The van der Waals surface area contributed by atoms with Crippen LogP contribution in [0, 0.1) is 6.92 Å². The zero-order valence-corrected chi connectivity index (χ0v) is 16.2. The maximum Gasteiger partial charge on any atom is 0.171 e. The molecular formula is C19H20N6OS. The molecule has 0 spiro atoms. The lowest BCUT2D eigenvalue weighted by molar-refractivity contribution is 0.281. The first-order valence-electron chi connectivity index (χ1n) is 8.76. The first-order chi connectivity index (χ1) is 13.0. The molecule has 27 heavy (non-hydrogen) atoms. The van der Waals surface area contributed by atoms with Gasteiger partial charge in [-0.1, -0.05) is 0 Å². The fourth-order valence-electron chi connectivity index (χ4n) is 3.19. The van der Waals surface area contributed by atoms with Crippen LogP contribution >= 0.6 is 11.3 Å². The number of pyridine rings is 1. The van der Waals surface area contributed by atoms with E-state index in [-0.39, 0.29) is 6.61 Å². The minimum absolute atomic E-state index is 0.0722. The first kappa shape index (κ1) is 17.7. The van der Waals surface area contributed by atoms with Crippen molar-refractivity contribution in [3.05, 3.63) is 52.9 Å². The van der Waals surface area contributed by atoms with Gasteiger partial charge in [0.25, 0.3) is 0 Å². The molecule has 138 valence electrons. The summed E-state index contributed by atoms with van der Waals surface area (Å²) in [5.74, 6) is 1.61. The number of aryl methyl sites for hydroxylation is 1. The van der Waals surface area contributed by atoms with E-state index in [4.69, 9.17) is 0 Å². The Kier molecular flexibility index (Phi) is 4.67. The molecule has 4 rings (SSSR count). The van der Waals surface area contributed by atoms with Gasteiger partial charge in [-0.2, -0.15) is 0 Å². The van der Waals surface area contributed by atoms with Crippen molar-refractivity contribution in [2.45, 2.75) is 39.8 Å². The highest BCUT2D eigenvalue weighted by atomic mass is 32.1. The second-order valence-electron chi connectivity index (χ2n) is 6.61. The van der Waals surface area contributed by atoms with Crippen LogP contribution in [0.2, 0.25) is 0 Å². The molecule has 0 bridgehead atoms. The van der Waals surface area contributed by atoms with Gasteiger partial charge < -0.3 is 9.67 Å². The number of imidazole rings is 1. The fraction of sp³-hybridized carbons (Fsp3) is 0.316. The Hall–Kier alpha value is -2.71. The minimum atomic E-state index is -0.0722. The number of aromatic nitrogens is 6. The van der Waals surface area contributed by atoms with Gasteiger partial charge in [-0.25, -0.2) is 19.9 Å². The standard InChI is InChI=1S/C19H20N6OS/c1-11(2)25-12(3)23-15-8-21-14(7-16(15)25)6-13-4-5-20-19(24-13)17-9-22-18(10-26)27-17/h4-5,7-9,11,26H,6,10H2,1-3H3. The number of nitrogens with zero attached hydrogens (tertiary/aromatic N) is 6. The van der Waals surface area contributed by atoms with Gasteiger partial charge in [0.15, 0.2) is 5.82 Å². The van der Waals surface area contributed by atoms with Crippen molar-refractivity contribution in [1.29, 1.82) is 0 Å². The summed E-state index contributed by atoms with van der Waals surface area (Å²) in [6, 6.07) is 4.32. The fourth-order valence-corrected chi connectivity index (χ4v) is 3.91. The minimum Gasteiger partial charge on any atom is -0.389 e. The quantitative estimate of drug-likeness (QED) is 0.571. The number of aliphatic hydroxyl groups excluding tert-OH is 1. The van der Waals surface area contributed by atoms with Crippen LogP contribution in [-0.2, 0) is 13.0 Å². The lowest BCUT2D eigenvalue weighted by Gasteiger charge is -2.11. The molecule has 0 aromatic carbocycles. The smallest absolute Gasteiger partial charge is 0.171 e. The van der Waals surface area contributed by atoms with Gasteiger partial charge >= 0.3 is 0 Å². The van der Waals surface area contributed by atoms with E-state index in [2.05, 4.69) is 49.4 Å². The highest BCUT2D eigenvalue weighted by Crippen LogP contribution is 2.24. The largest absolute Gasteiger partial charge is 0.389 e. The molecule has 0 aliphatic heterocycles. The van der Waals surface area contributed by atoms with Crippen LogP contribution in [0.3, 0.4) is 0 Å². The molecule has 0 aliphatic carbocycles. The van der Waals surface area contributed by atoms with E-state index in [1.54, 1.807) is 12.4 Å². The summed E-state index contributed by atoms with van der Waals surface area (Å²) >= 11 is 1.40. The molecule has 4 aromatic rings. The molecule has 7 nitrogen and oxygen atoms in total. The summed E-state index contributed by atoms with van der Waals surface area (Å²) in [5.41, 5.74) is 3.83. The maximum atomic E-state index is 9.19. The van der Waals surface area contributed by atoms with Gasteiger partial charge in [0.05, 0.1) is 28.9 Å². The van der Waals surface area contributed by atoms with E-state index in [1.807, 2.05) is 19.2 Å².